The number of alkyl halides is 8. The van der Waals surface area contributed by atoms with Crippen molar-refractivity contribution in [1.82, 2.24) is 19.9 Å². The quantitative estimate of drug-likeness (QED) is 0.122. The molecular formula is C29H30ClF8N7O6. The van der Waals surface area contributed by atoms with Crippen LogP contribution >= 0.6 is 11.6 Å². The van der Waals surface area contributed by atoms with Gasteiger partial charge in [0, 0.05) is 47.7 Å². The number of anilines is 2. The summed E-state index contributed by atoms with van der Waals surface area (Å²) in [6, 6.07) is 4.30. The number of hydrogen-bond acceptors (Lipinski definition) is 10. The summed E-state index contributed by atoms with van der Waals surface area (Å²) in [5, 5.41) is 25.8. The molecule has 13 nitrogen and oxygen atoms in total. The SMILES string of the molecule is CC(=N)c1c(N)ncnc1NC(C)c1cc(Cl)c(C)c(-c2ccc(C(=O)N(C)C)nc2)c1OCC(F)F.O=C(O)C(F)(F)F.O=C(O)C(F)(F)F. The van der Waals surface area contributed by atoms with Gasteiger partial charge in [0.1, 0.15) is 36.0 Å². The molecule has 1 unspecified atom stereocenters. The summed E-state index contributed by atoms with van der Waals surface area (Å²) in [5.41, 5.74) is 8.74. The highest BCUT2D eigenvalue weighted by atomic mass is 35.5. The fraction of sp³-hybridized carbons (Fsp3) is 0.345. The molecule has 0 aliphatic heterocycles. The van der Waals surface area contributed by atoms with Gasteiger partial charge in [-0.1, -0.05) is 17.7 Å². The monoisotopic (exact) mass is 759 g/mol. The number of nitrogens with two attached hydrogens (primary N) is 1. The topological polar surface area (TPSA) is 205 Å². The van der Waals surface area contributed by atoms with E-state index in [1.165, 1.54) is 17.4 Å². The summed E-state index contributed by atoms with van der Waals surface area (Å²) in [6.45, 7) is 4.23. The molecule has 0 fully saturated rings. The number of aliphatic carboxylic acids is 2. The molecule has 51 heavy (non-hydrogen) atoms. The molecule has 0 spiro atoms. The van der Waals surface area contributed by atoms with Crippen LogP contribution in [0, 0.1) is 12.3 Å². The van der Waals surface area contributed by atoms with Crippen LogP contribution in [0.3, 0.4) is 0 Å². The first-order valence-electron chi connectivity index (χ1n) is 13.8. The molecule has 1 amide bonds. The summed E-state index contributed by atoms with van der Waals surface area (Å²) in [7, 11) is 3.24. The lowest BCUT2D eigenvalue weighted by atomic mass is 9.94. The average Bonchev–Trinajstić information content (AvgIpc) is 3.00. The number of hydrogen-bond donors (Lipinski definition) is 5. The van der Waals surface area contributed by atoms with Crippen molar-refractivity contribution in [1.29, 1.82) is 5.41 Å². The third kappa shape index (κ3) is 12.8. The highest BCUT2D eigenvalue weighted by Gasteiger charge is 2.39. The summed E-state index contributed by atoms with van der Waals surface area (Å²) in [6.07, 6.45) is -10.1. The van der Waals surface area contributed by atoms with Crippen LogP contribution in [0.2, 0.25) is 5.02 Å². The highest BCUT2D eigenvalue weighted by Crippen LogP contribution is 2.43. The third-order valence-corrected chi connectivity index (χ3v) is 6.48. The Kier molecular flexibility index (Phi) is 15.5. The third-order valence-electron chi connectivity index (χ3n) is 6.09. The molecule has 0 saturated heterocycles. The molecule has 0 radical (unpaired) electrons. The van der Waals surface area contributed by atoms with E-state index in [1.54, 1.807) is 53.1 Å². The number of nitrogens with one attached hydrogen (secondary N) is 2. The van der Waals surface area contributed by atoms with Gasteiger partial charge in [-0.2, -0.15) is 26.3 Å². The molecule has 0 aliphatic rings. The van der Waals surface area contributed by atoms with Crippen molar-refractivity contribution < 1.29 is 64.5 Å². The van der Waals surface area contributed by atoms with Gasteiger partial charge in [0.2, 0.25) is 0 Å². The Morgan fingerprint density at radius 2 is 1.57 bits per heavy atom. The van der Waals surface area contributed by atoms with E-state index in [-0.39, 0.29) is 28.9 Å². The van der Waals surface area contributed by atoms with E-state index >= 15 is 0 Å². The molecule has 2 aromatic heterocycles. The predicted molar refractivity (Wildman–Crippen MR) is 167 cm³/mol. The molecule has 22 heteroatoms. The van der Waals surface area contributed by atoms with Crippen molar-refractivity contribution >= 4 is 46.8 Å². The number of carbonyl (C=O) groups is 3. The zero-order chi connectivity index (χ0) is 39.6. The molecule has 3 aromatic rings. The first-order valence-corrected chi connectivity index (χ1v) is 14.1. The lowest BCUT2D eigenvalue weighted by Crippen LogP contribution is -2.22. The van der Waals surface area contributed by atoms with Crippen molar-refractivity contribution in [2.24, 2.45) is 0 Å². The molecule has 0 aliphatic carbocycles. The van der Waals surface area contributed by atoms with E-state index in [9.17, 15) is 39.9 Å². The molecule has 1 atom stereocenters. The largest absolute Gasteiger partial charge is 0.490 e. The van der Waals surface area contributed by atoms with Crippen LogP contribution in [0.4, 0.5) is 46.8 Å². The Balaban J connectivity index is 0.000000780. The smallest absolute Gasteiger partial charge is 0.487 e. The number of pyridine rings is 1. The number of halogens is 9. The fourth-order valence-electron chi connectivity index (χ4n) is 3.77. The number of rotatable bonds is 9. The van der Waals surface area contributed by atoms with E-state index in [2.05, 4.69) is 20.3 Å². The predicted octanol–water partition coefficient (Wildman–Crippen LogP) is 6.26. The van der Waals surface area contributed by atoms with E-state index in [4.69, 9.17) is 47.3 Å². The van der Waals surface area contributed by atoms with Gasteiger partial charge >= 0.3 is 24.3 Å². The van der Waals surface area contributed by atoms with Crippen molar-refractivity contribution in [2.75, 3.05) is 31.8 Å². The lowest BCUT2D eigenvalue weighted by Gasteiger charge is -2.24. The molecule has 280 valence electrons. The Labute approximate surface area is 288 Å². The van der Waals surface area contributed by atoms with E-state index in [1.807, 2.05) is 0 Å². The Hall–Kier alpha value is -5.34. The number of carbonyl (C=O) groups excluding carboxylic acids is 1. The molecule has 0 saturated carbocycles. The Morgan fingerprint density at radius 3 is 1.98 bits per heavy atom. The van der Waals surface area contributed by atoms with Gasteiger partial charge < -0.3 is 36.3 Å². The highest BCUT2D eigenvalue weighted by molar-refractivity contribution is 6.32. The number of aromatic nitrogens is 3. The normalized spacial score (nSPS) is 11.7. The molecule has 2 heterocycles. The van der Waals surface area contributed by atoms with Gasteiger partial charge in [-0.3, -0.25) is 9.78 Å². The summed E-state index contributed by atoms with van der Waals surface area (Å²) in [5.74, 6) is -5.17. The van der Waals surface area contributed by atoms with Crippen molar-refractivity contribution in [3.8, 4) is 16.9 Å². The standard InChI is InChI=1S/C25H28ClF2N7O2.2C2HF3O2/c1-12-17(26)8-16(14(3)34-24-21(13(2)29)23(30)32-11-33-24)22(37-10-19(27)28)20(12)15-6-7-18(31-9-15)25(36)35(4)5;2*3-2(4,5)1(6)7/h6-9,11,14,19,29H,10H2,1-5H3,(H3,30,32,33,34);2*(H,6,7). The average molecular weight is 760 g/mol. The Bertz CT molecular complexity index is 1700. The second kappa shape index (κ2) is 18.1. The van der Waals surface area contributed by atoms with Crippen LogP contribution in [0.15, 0.2) is 30.7 Å². The van der Waals surface area contributed by atoms with E-state index < -0.39 is 43.4 Å². The first-order chi connectivity index (χ1) is 23.3. The number of nitrogens with zero attached hydrogens (tertiary/aromatic N) is 4. The van der Waals surface area contributed by atoms with Crippen LogP contribution in [-0.4, -0.2) is 93.1 Å². The maximum absolute atomic E-state index is 13.2. The molecule has 0 bridgehead atoms. The molecular weight excluding hydrogens is 730 g/mol. The molecule has 6 N–H and O–H groups in total. The minimum Gasteiger partial charge on any atom is -0.487 e. The van der Waals surface area contributed by atoms with Gasteiger partial charge in [0.15, 0.2) is 0 Å². The van der Waals surface area contributed by atoms with Crippen LogP contribution in [-0.2, 0) is 9.59 Å². The lowest BCUT2D eigenvalue weighted by molar-refractivity contribution is -0.193. The zero-order valence-electron chi connectivity index (χ0n) is 27.0. The fourth-order valence-corrected chi connectivity index (χ4v) is 3.99. The molecule has 1 aromatic carbocycles. The van der Waals surface area contributed by atoms with Crippen LogP contribution in [0.25, 0.3) is 11.1 Å². The van der Waals surface area contributed by atoms with Crippen molar-refractivity contribution in [2.45, 2.75) is 45.6 Å². The second-order valence-corrected chi connectivity index (χ2v) is 10.6. The van der Waals surface area contributed by atoms with Gasteiger partial charge in [-0.05, 0) is 38.5 Å². The van der Waals surface area contributed by atoms with Gasteiger partial charge in [-0.25, -0.2) is 28.3 Å². The van der Waals surface area contributed by atoms with Crippen molar-refractivity contribution in [3.05, 3.63) is 58.1 Å². The Morgan fingerprint density at radius 1 is 1.04 bits per heavy atom. The summed E-state index contributed by atoms with van der Waals surface area (Å²) >= 11 is 6.59. The number of carboxylic acids is 2. The van der Waals surface area contributed by atoms with Gasteiger partial charge in [-0.15, -0.1) is 0 Å². The summed E-state index contributed by atoms with van der Waals surface area (Å²) in [4.78, 5) is 43.9. The van der Waals surface area contributed by atoms with Crippen LogP contribution in [0.5, 0.6) is 5.75 Å². The van der Waals surface area contributed by atoms with Gasteiger partial charge in [0.25, 0.3) is 12.3 Å². The van der Waals surface area contributed by atoms with Gasteiger partial charge in [0.05, 0.1) is 11.6 Å². The number of carboxylic acid groups (broad SMARTS) is 2. The number of nitrogen functional groups attached to an aromatic ring is 1. The van der Waals surface area contributed by atoms with E-state index in [0.717, 1.165) is 0 Å². The number of ether oxygens (including phenoxy) is 1. The zero-order valence-corrected chi connectivity index (χ0v) is 27.8. The minimum absolute atomic E-state index is 0.132. The van der Waals surface area contributed by atoms with Crippen LogP contribution < -0.4 is 15.8 Å². The van der Waals surface area contributed by atoms with Crippen molar-refractivity contribution in [3.63, 3.8) is 0 Å². The maximum atomic E-state index is 13.2. The molecule has 3 rings (SSSR count). The second-order valence-electron chi connectivity index (χ2n) is 10.2. The maximum Gasteiger partial charge on any atom is 0.490 e. The number of amides is 1. The first kappa shape index (κ1) is 43.7. The van der Waals surface area contributed by atoms with Crippen LogP contribution in [0.1, 0.15) is 47.1 Å². The van der Waals surface area contributed by atoms with E-state index in [0.29, 0.717) is 38.7 Å². The minimum atomic E-state index is -5.08. The number of benzene rings is 1. The summed E-state index contributed by atoms with van der Waals surface area (Å²) < 4.78 is 95.6.